The molecule has 8 heteroatoms. The van der Waals surface area contributed by atoms with Crippen molar-refractivity contribution in [2.75, 3.05) is 0 Å². The summed E-state index contributed by atoms with van der Waals surface area (Å²) in [6, 6.07) is 11.2. The summed E-state index contributed by atoms with van der Waals surface area (Å²) >= 11 is 2.84. The number of oxazole rings is 1. The summed E-state index contributed by atoms with van der Waals surface area (Å²) in [4.78, 5) is 39.3. The first-order valence-corrected chi connectivity index (χ1v) is 10.4. The maximum atomic E-state index is 12.8. The van der Waals surface area contributed by atoms with E-state index in [0.717, 1.165) is 20.8 Å². The van der Waals surface area contributed by atoms with Gasteiger partial charge < -0.3 is 4.42 Å². The fourth-order valence-corrected chi connectivity index (χ4v) is 4.95. The van der Waals surface area contributed by atoms with Gasteiger partial charge in [-0.3, -0.25) is 9.59 Å². The van der Waals surface area contributed by atoms with Crippen molar-refractivity contribution in [2.45, 2.75) is 0 Å². The molecule has 0 bridgehead atoms. The van der Waals surface area contributed by atoms with E-state index < -0.39 is 0 Å². The van der Waals surface area contributed by atoms with E-state index in [-0.39, 0.29) is 23.0 Å². The number of thiazole rings is 2. The highest BCUT2D eigenvalue weighted by atomic mass is 32.1. The van der Waals surface area contributed by atoms with Gasteiger partial charge in [0.25, 0.3) is 5.71 Å². The van der Waals surface area contributed by atoms with E-state index in [1.54, 1.807) is 18.3 Å². The van der Waals surface area contributed by atoms with Crippen LogP contribution in [-0.4, -0.2) is 26.5 Å². The second-order valence-corrected chi connectivity index (χ2v) is 8.35. The van der Waals surface area contributed by atoms with Crippen molar-refractivity contribution in [1.29, 1.82) is 0 Å². The Kier molecular flexibility index (Phi) is 3.41. The van der Waals surface area contributed by atoms with Gasteiger partial charge in [0.2, 0.25) is 5.89 Å². The number of Topliss-reactive ketones (excluding diaryl/α,β-unsaturated/α-hetero) is 2. The smallest absolute Gasteiger partial charge is 0.259 e. The zero-order valence-electron chi connectivity index (χ0n) is 14.6. The molecule has 2 aromatic carbocycles. The van der Waals surface area contributed by atoms with Gasteiger partial charge >= 0.3 is 0 Å². The Bertz CT molecular complexity index is 1400. The summed E-state index contributed by atoms with van der Waals surface area (Å²) in [6.45, 7) is 0. The molecule has 0 aliphatic heterocycles. The second kappa shape index (κ2) is 6.00. The fourth-order valence-electron chi connectivity index (χ4n) is 3.40. The van der Waals surface area contributed by atoms with E-state index in [4.69, 9.17) is 4.42 Å². The van der Waals surface area contributed by atoms with Crippen molar-refractivity contribution >= 4 is 61.6 Å². The molecule has 29 heavy (non-hydrogen) atoms. The average molecular weight is 415 g/mol. The Morgan fingerprint density at radius 3 is 2.28 bits per heavy atom. The van der Waals surface area contributed by atoms with Gasteiger partial charge in [-0.05, 0) is 22.9 Å². The van der Waals surface area contributed by atoms with Gasteiger partial charge in [-0.25, -0.2) is 4.98 Å². The van der Waals surface area contributed by atoms with Crippen LogP contribution in [0.1, 0.15) is 26.6 Å². The van der Waals surface area contributed by atoms with Gasteiger partial charge in [0.1, 0.15) is 0 Å². The zero-order valence-corrected chi connectivity index (χ0v) is 16.2. The molecule has 3 heterocycles. The maximum absolute atomic E-state index is 12.8. The summed E-state index contributed by atoms with van der Waals surface area (Å²) < 4.78 is 5.67. The number of allylic oxidation sites excluding steroid dienone is 1. The summed E-state index contributed by atoms with van der Waals surface area (Å²) in [5.41, 5.74) is 1.26. The van der Waals surface area contributed by atoms with Crippen molar-refractivity contribution in [2.24, 2.45) is 0 Å². The Hall–Kier alpha value is -3.49. The predicted octanol–water partition coefficient (Wildman–Crippen LogP) is 5.02. The highest BCUT2D eigenvalue weighted by Crippen LogP contribution is 2.34. The number of aromatic nitrogens is 3. The molecule has 0 saturated carbocycles. The minimum absolute atomic E-state index is 0.0596. The SMILES string of the molecule is O=C1C(=Cc2nc3sc(-c4nccs4)nc3o2)C(=O)c2cc3ccccc3cc21. The Balaban J connectivity index is 1.41. The molecule has 0 saturated heterocycles. The van der Waals surface area contributed by atoms with Gasteiger partial charge in [0.05, 0.1) is 5.57 Å². The molecule has 1 aliphatic rings. The summed E-state index contributed by atoms with van der Waals surface area (Å²) in [5, 5.41) is 5.24. The standard InChI is InChI=1S/C21H9N3O3S2/c25-16-12-7-10-3-1-2-4-11(10)8-13(12)17(26)14(16)9-15-23-19-18(27-15)24-21(29-19)20-22-5-6-28-20/h1-9H. The van der Waals surface area contributed by atoms with Crippen LogP contribution in [0.2, 0.25) is 0 Å². The first-order chi connectivity index (χ1) is 14.2. The van der Waals surface area contributed by atoms with Crippen molar-refractivity contribution in [1.82, 2.24) is 15.0 Å². The summed E-state index contributed by atoms with van der Waals surface area (Å²) in [7, 11) is 0. The molecule has 0 amide bonds. The summed E-state index contributed by atoms with van der Waals surface area (Å²) in [5.74, 6) is -0.430. The Labute approximate surface area is 171 Å². The molecule has 138 valence electrons. The van der Waals surface area contributed by atoms with Gasteiger partial charge in [-0.2, -0.15) is 9.97 Å². The van der Waals surface area contributed by atoms with Crippen LogP contribution in [0.3, 0.4) is 0 Å². The first-order valence-electron chi connectivity index (χ1n) is 8.68. The summed E-state index contributed by atoms with van der Waals surface area (Å²) in [6.07, 6.45) is 3.12. The van der Waals surface area contributed by atoms with Crippen LogP contribution < -0.4 is 0 Å². The molecular weight excluding hydrogens is 406 g/mol. The van der Waals surface area contributed by atoms with Crippen LogP contribution in [0.4, 0.5) is 0 Å². The molecule has 6 rings (SSSR count). The third-order valence-corrected chi connectivity index (χ3v) is 6.59. The number of rotatable bonds is 2. The number of benzene rings is 2. The minimum atomic E-state index is -0.311. The lowest BCUT2D eigenvalue weighted by Crippen LogP contribution is -2.00. The number of ketones is 2. The molecule has 0 fully saturated rings. The third kappa shape index (κ3) is 2.50. The molecule has 0 atom stereocenters. The van der Waals surface area contributed by atoms with Crippen LogP contribution in [0.5, 0.6) is 0 Å². The number of hydrogen-bond acceptors (Lipinski definition) is 8. The van der Waals surface area contributed by atoms with Crippen LogP contribution in [0.25, 0.3) is 37.4 Å². The lowest BCUT2D eigenvalue weighted by Gasteiger charge is -2.00. The predicted molar refractivity (Wildman–Crippen MR) is 111 cm³/mol. The number of carbonyl (C=O) groups is 2. The highest BCUT2D eigenvalue weighted by Gasteiger charge is 2.34. The maximum Gasteiger partial charge on any atom is 0.259 e. The fraction of sp³-hybridized carbons (Fsp3) is 0. The van der Waals surface area contributed by atoms with Gasteiger partial charge in [-0.15, -0.1) is 11.3 Å². The molecule has 0 unspecified atom stereocenters. The molecular formula is C21H9N3O3S2. The van der Waals surface area contributed by atoms with Crippen LogP contribution >= 0.6 is 22.7 Å². The van der Waals surface area contributed by atoms with E-state index in [9.17, 15) is 9.59 Å². The molecule has 6 nitrogen and oxygen atoms in total. The minimum Gasteiger partial charge on any atom is -0.417 e. The van der Waals surface area contributed by atoms with Crippen LogP contribution in [0.15, 0.2) is 58.0 Å². The van der Waals surface area contributed by atoms with E-state index >= 15 is 0 Å². The lowest BCUT2D eigenvalue weighted by molar-refractivity contribution is 0.0990. The van der Waals surface area contributed by atoms with Crippen molar-refractivity contribution < 1.29 is 14.0 Å². The van der Waals surface area contributed by atoms with Gasteiger partial charge in [-0.1, -0.05) is 35.6 Å². The van der Waals surface area contributed by atoms with Crippen LogP contribution in [-0.2, 0) is 0 Å². The van der Waals surface area contributed by atoms with Crippen molar-refractivity contribution in [3.63, 3.8) is 0 Å². The largest absolute Gasteiger partial charge is 0.417 e. The third-order valence-electron chi connectivity index (χ3n) is 4.74. The van der Waals surface area contributed by atoms with E-state index in [1.165, 1.54) is 28.7 Å². The van der Waals surface area contributed by atoms with Gasteiger partial charge in [0, 0.05) is 28.8 Å². The number of hydrogen-bond donors (Lipinski definition) is 0. The first kappa shape index (κ1) is 16.5. The molecule has 1 aliphatic carbocycles. The number of fused-ring (bicyclic) bond motifs is 3. The van der Waals surface area contributed by atoms with Crippen molar-refractivity contribution in [3.05, 3.63) is 70.6 Å². The molecule has 3 aromatic heterocycles. The Morgan fingerprint density at radius 1 is 0.931 bits per heavy atom. The normalized spacial score (nSPS) is 13.6. The van der Waals surface area contributed by atoms with E-state index in [2.05, 4.69) is 15.0 Å². The molecule has 5 aromatic rings. The average Bonchev–Trinajstić information content (AvgIpc) is 3.48. The number of carbonyl (C=O) groups excluding carboxylic acids is 2. The Morgan fingerprint density at radius 2 is 1.66 bits per heavy atom. The quantitative estimate of drug-likeness (QED) is 0.297. The van der Waals surface area contributed by atoms with Crippen LogP contribution in [0, 0.1) is 0 Å². The van der Waals surface area contributed by atoms with Gasteiger partial charge in [0.15, 0.2) is 26.4 Å². The second-order valence-electron chi connectivity index (χ2n) is 6.48. The number of nitrogens with zero attached hydrogens (tertiary/aromatic N) is 3. The molecule has 0 radical (unpaired) electrons. The topological polar surface area (TPSA) is 85.9 Å². The zero-order chi connectivity index (χ0) is 19.5. The lowest BCUT2D eigenvalue weighted by atomic mass is 10.0. The van der Waals surface area contributed by atoms with E-state index in [1.807, 2.05) is 29.6 Å². The monoisotopic (exact) mass is 415 g/mol. The highest BCUT2D eigenvalue weighted by molar-refractivity contribution is 7.24. The molecule has 0 N–H and O–H groups in total. The van der Waals surface area contributed by atoms with Crippen molar-refractivity contribution in [3.8, 4) is 10.0 Å². The molecule has 0 spiro atoms. The van der Waals surface area contributed by atoms with E-state index in [0.29, 0.717) is 21.7 Å².